The van der Waals surface area contributed by atoms with Gasteiger partial charge in [-0.15, -0.1) is 0 Å². The van der Waals surface area contributed by atoms with Crippen molar-refractivity contribution in [2.75, 3.05) is 17.0 Å². The lowest BCUT2D eigenvalue weighted by Crippen LogP contribution is -2.20. The highest BCUT2D eigenvalue weighted by Crippen LogP contribution is 2.31. The molecule has 1 aromatic carbocycles. The Morgan fingerprint density at radius 1 is 1.15 bits per heavy atom. The van der Waals surface area contributed by atoms with E-state index < -0.39 is 10.0 Å². The summed E-state index contributed by atoms with van der Waals surface area (Å²) in [7, 11) is -3.30. The van der Waals surface area contributed by atoms with Crippen molar-refractivity contribution in [3.8, 4) is 0 Å². The quantitative estimate of drug-likeness (QED) is 0.626. The smallest absolute Gasteiger partial charge is 0.232 e. The first-order valence-electron chi connectivity index (χ1n) is 6.66. The molecule has 0 spiro atoms. The van der Waals surface area contributed by atoms with Crippen molar-refractivity contribution >= 4 is 47.6 Å². The van der Waals surface area contributed by atoms with E-state index in [4.69, 9.17) is 0 Å². The fourth-order valence-electron chi connectivity index (χ4n) is 1.81. The molecule has 1 fully saturated rings. The maximum Gasteiger partial charge on any atom is 0.232 e. The van der Waals surface area contributed by atoms with Crippen molar-refractivity contribution in [3.63, 3.8) is 0 Å². The molecule has 0 aromatic heterocycles. The molecule has 1 aliphatic carbocycles. The van der Waals surface area contributed by atoms with E-state index in [2.05, 4.69) is 41.9 Å². The second-order valence-electron chi connectivity index (χ2n) is 4.95. The average molecular weight is 426 g/mol. The topological polar surface area (TPSA) is 58.2 Å². The van der Waals surface area contributed by atoms with Gasteiger partial charge in [0.2, 0.25) is 10.0 Å². The lowest BCUT2D eigenvalue weighted by atomic mass is 10.3. The van der Waals surface area contributed by atoms with E-state index in [1.54, 1.807) is 0 Å². The highest BCUT2D eigenvalue weighted by atomic mass is 79.9. The van der Waals surface area contributed by atoms with Gasteiger partial charge in [-0.25, -0.2) is 8.42 Å². The Bertz CT molecular complexity index is 539. The number of anilines is 1. The van der Waals surface area contributed by atoms with Crippen molar-refractivity contribution in [1.82, 2.24) is 5.32 Å². The SMILES string of the molecule is O=S(=O)(CCCCNC1CC1)Nc1c(Br)cccc1Br. The number of benzene rings is 1. The van der Waals surface area contributed by atoms with Gasteiger partial charge in [-0.05, 0) is 76.2 Å². The lowest BCUT2D eigenvalue weighted by Gasteiger charge is -2.11. The summed E-state index contributed by atoms with van der Waals surface area (Å²) in [6.07, 6.45) is 4.07. The highest BCUT2D eigenvalue weighted by Gasteiger charge is 2.19. The molecular weight excluding hydrogens is 408 g/mol. The maximum atomic E-state index is 12.0. The molecule has 7 heteroatoms. The zero-order valence-electron chi connectivity index (χ0n) is 11.0. The third kappa shape index (κ3) is 5.35. The Morgan fingerprint density at radius 2 is 1.80 bits per heavy atom. The van der Waals surface area contributed by atoms with E-state index in [0.29, 0.717) is 18.2 Å². The van der Waals surface area contributed by atoms with E-state index in [1.165, 1.54) is 12.8 Å². The fraction of sp³-hybridized carbons (Fsp3) is 0.538. The van der Waals surface area contributed by atoms with Gasteiger partial charge in [0.05, 0.1) is 11.4 Å². The standard InChI is InChI=1S/C13H18Br2N2O2S/c14-11-4-3-5-12(15)13(11)17-20(18,19)9-2-1-8-16-10-6-7-10/h3-5,10,16-17H,1-2,6-9H2. The predicted molar refractivity (Wildman–Crippen MR) is 89.5 cm³/mol. The van der Waals surface area contributed by atoms with Crippen LogP contribution in [0.1, 0.15) is 25.7 Å². The predicted octanol–water partition coefficient (Wildman–Crippen LogP) is 3.49. The fourth-order valence-corrected chi connectivity index (χ4v) is 4.49. The first-order valence-corrected chi connectivity index (χ1v) is 9.90. The van der Waals surface area contributed by atoms with Crippen molar-refractivity contribution in [3.05, 3.63) is 27.1 Å². The average Bonchev–Trinajstić information content (AvgIpc) is 3.18. The normalized spacial score (nSPS) is 15.3. The molecule has 1 saturated carbocycles. The molecule has 0 amide bonds. The van der Waals surface area contributed by atoms with Gasteiger partial charge in [0, 0.05) is 15.0 Å². The molecule has 20 heavy (non-hydrogen) atoms. The van der Waals surface area contributed by atoms with Crippen molar-refractivity contribution in [1.29, 1.82) is 0 Å². The van der Waals surface area contributed by atoms with Crippen LogP contribution in [0.25, 0.3) is 0 Å². The van der Waals surface area contributed by atoms with Crippen LogP contribution in [0.15, 0.2) is 27.1 Å². The minimum atomic E-state index is -3.30. The summed E-state index contributed by atoms with van der Waals surface area (Å²) in [5, 5.41) is 3.38. The molecule has 0 atom stereocenters. The van der Waals surface area contributed by atoms with E-state index in [0.717, 1.165) is 21.9 Å². The van der Waals surface area contributed by atoms with Gasteiger partial charge in [-0.2, -0.15) is 0 Å². The lowest BCUT2D eigenvalue weighted by molar-refractivity contribution is 0.591. The second-order valence-corrected chi connectivity index (χ2v) is 8.50. The number of nitrogens with one attached hydrogen (secondary N) is 2. The van der Waals surface area contributed by atoms with Gasteiger partial charge < -0.3 is 5.32 Å². The molecule has 112 valence electrons. The van der Waals surface area contributed by atoms with Crippen LogP contribution in [0.5, 0.6) is 0 Å². The highest BCUT2D eigenvalue weighted by molar-refractivity contribution is 9.11. The largest absolute Gasteiger partial charge is 0.314 e. The Kier molecular flexibility index (Phi) is 5.89. The van der Waals surface area contributed by atoms with Gasteiger partial charge >= 0.3 is 0 Å². The van der Waals surface area contributed by atoms with E-state index in [1.807, 2.05) is 18.2 Å². The van der Waals surface area contributed by atoms with Crippen LogP contribution in [-0.4, -0.2) is 26.8 Å². The molecule has 0 heterocycles. The molecule has 1 aromatic rings. The minimum absolute atomic E-state index is 0.146. The molecular formula is C13H18Br2N2O2S. The molecule has 2 N–H and O–H groups in total. The zero-order valence-corrected chi connectivity index (χ0v) is 15.0. The number of hydrogen-bond donors (Lipinski definition) is 2. The first kappa shape index (κ1) is 16.3. The maximum absolute atomic E-state index is 12.0. The Balaban J connectivity index is 1.80. The van der Waals surface area contributed by atoms with Gasteiger partial charge in [-0.3, -0.25) is 4.72 Å². The molecule has 1 aliphatic rings. The molecule has 0 unspecified atom stereocenters. The molecule has 0 saturated heterocycles. The van der Waals surface area contributed by atoms with E-state index >= 15 is 0 Å². The summed E-state index contributed by atoms with van der Waals surface area (Å²) in [5.41, 5.74) is 0.559. The van der Waals surface area contributed by atoms with Crippen molar-refractivity contribution in [2.45, 2.75) is 31.7 Å². The van der Waals surface area contributed by atoms with Crippen LogP contribution in [0, 0.1) is 0 Å². The van der Waals surface area contributed by atoms with Crippen LogP contribution < -0.4 is 10.0 Å². The Morgan fingerprint density at radius 3 is 2.40 bits per heavy atom. The summed E-state index contributed by atoms with van der Waals surface area (Å²) >= 11 is 6.70. The molecule has 2 rings (SSSR count). The van der Waals surface area contributed by atoms with Gasteiger partial charge in [0.15, 0.2) is 0 Å². The summed E-state index contributed by atoms with van der Waals surface area (Å²) in [4.78, 5) is 0. The Labute approximate surface area is 137 Å². The molecule has 0 aliphatic heterocycles. The number of sulfonamides is 1. The van der Waals surface area contributed by atoms with Crippen LogP contribution in [-0.2, 0) is 10.0 Å². The molecule has 4 nitrogen and oxygen atoms in total. The van der Waals surface area contributed by atoms with Gasteiger partial charge in [0.1, 0.15) is 0 Å². The second kappa shape index (κ2) is 7.24. The monoisotopic (exact) mass is 424 g/mol. The third-order valence-electron chi connectivity index (χ3n) is 3.07. The van der Waals surface area contributed by atoms with E-state index in [-0.39, 0.29) is 5.75 Å². The minimum Gasteiger partial charge on any atom is -0.314 e. The van der Waals surface area contributed by atoms with Crippen LogP contribution >= 0.6 is 31.9 Å². The van der Waals surface area contributed by atoms with Crippen LogP contribution in [0.3, 0.4) is 0 Å². The van der Waals surface area contributed by atoms with E-state index in [9.17, 15) is 8.42 Å². The molecule has 0 radical (unpaired) electrons. The zero-order chi connectivity index (χ0) is 14.6. The first-order chi connectivity index (χ1) is 9.48. The summed E-state index contributed by atoms with van der Waals surface area (Å²) < 4.78 is 28.2. The van der Waals surface area contributed by atoms with Gasteiger partial charge in [0.25, 0.3) is 0 Å². The van der Waals surface area contributed by atoms with Crippen LogP contribution in [0.4, 0.5) is 5.69 Å². The van der Waals surface area contributed by atoms with Crippen molar-refractivity contribution in [2.24, 2.45) is 0 Å². The number of rotatable bonds is 8. The molecule has 0 bridgehead atoms. The van der Waals surface area contributed by atoms with Gasteiger partial charge in [-0.1, -0.05) is 6.07 Å². The summed E-state index contributed by atoms with van der Waals surface area (Å²) in [6, 6.07) is 6.14. The number of para-hydroxylation sites is 1. The number of hydrogen-bond acceptors (Lipinski definition) is 3. The number of halogens is 2. The summed E-state index contributed by atoms with van der Waals surface area (Å²) in [5.74, 6) is 0.146. The Hall–Kier alpha value is -0.110. The van der Waals surface area contributed by atoms with Crippen molar-refractivity contribution < 1.29 is 8.42 Å². The van der Waals surface area contributed by atoms with Crippen LogP contribution in [0.2, 0.25) is 0 Å². The third-order valence-corrected chi connectivity index (χ3v) is 5.73. The summed E-state index contributed by atoms with van der Waals surface area (Å²) in [6.45, 7) is 0.902. The number of unbranched alkanes of at least 4 members (excludes halogenated alkanes) is 1.